The second-order valence-electron chi connectivity index (χ2n) is 7.53. The second kappa shape index (κ2) is 7.70. The van der Waals surface area contributed by atoms with Gasteiger partial charge in [0, 0.05) is 25.4 Å². The van der Waals surface area contributed by atoms with Gasteiger partial charge in [0.1, 0.15) is 18.1 Å². The summed E-state index contributed by atoms with van der Waals surface area (Å²) >= 11 is 0. The molecule has 27 heavy (non-hydrogen) atoms. The van der Waals surface area contributed by atoms with E-state index in [9.17, 15) is 4.79 Å². The molecule has 6 nitrogen and oxygen atoms in total. The predicted octanol–water partition coefficient (Wildman–Crippen LogP) is 3.82. The average Bonchev–Trinajstić information content (AvgIpc) is 3.26. The summed E-state index contributed by atoms with van der Waals surface area (Å²) in [5.41, 5.74) is 2.29. The molecule has 0 unspecified atom stereocenters. The predicted molar refractivity (Wildman–Crippen MR) is 103 cm³/mol. The van der Waals surface area contributed by atoms with Crippen molar-refractivity contribution in [1.29, 1.82) is 0 Å². The fourth-order valence-electron chi connectivity index (χ4n) is 2.62. The first-order chi connectivity index (χ1) is 12.8. The highest BCUT2D eigenvalue weighted by molar-refractivity contribution is 5.91. The lowest BCUT2D eigenvalue weighted by Crippen LogP contribution is -2.22. The van der Waals surface area contributed by atoms with Gasteiger partial charge in [-0.15, -0.1) is 0 Å². The van der Waals surface area contributed by atoms with Gasteiger partial charge in [0.05, 0.1) is 6.20 Å². The van der Waals surface area contributed by atoms with Crippen molar-refractivity contribution < 1.29 is 13.9 Å². The van der Waals surface area contributed by atoms with Gasteiger partial charge >= 0.3 is 0 Å². The van der Waals surface area contributed by atoms with Crippen molar-refractivity contribution in [2.45, 2.75) is 39.3 Å². The number of benzene rings is 1. The average molecular weight is 367 g/mol. The number of carbonyl (C=O) groups excluding carboxylic acids is 1. The van der Waals surface area contributed by atoms with Crippen molar-refractivity contribution in [3.05, 3.63) is 71.4 Å². The first-order valence-electron chi connectivity index (χ1n) is 8.89. The van der Waals surface area contributed by atoms with E-state index in [0.29, 0.717) is 12.3 Å². The second-order valence-corrected chi connectivity index (χ2v) is 7.53. The van der Waals surface area contributed by atoms with E-state index >= 15 is 0 Å². The third-order valence-electron chi connectivity index (χ3n) is 4.20. The molecular weight excluding hydrogens is 342 g/mol. The molecule has 1 N–H and O–H groups in total. The van der Waals surface area contributed by atoms with Crippen molar-refractivity contribution >= 4 is 5.91 Å². The Morgan fingerprint density at radius 3 is 2.56 bits per heavy atom. The summed E-state index contributed by atoms with van der Waals surface area (Å²) in [6.45, 7) is 7.19. The zero-order chi connectivity index (χ0) is 19.4. The molecule has 0 spiro atoms. The Morgan fingerprint density at radius 1 is 1.19 bits per heavy atom. The van der Waals surface area contributed by atoms with Crippen LogP contribution in [0.3, 0.4) is 0 Å². The summed E-state index contributed by atoms with van der Waals surface area (Å²) in [6, 6.07) is 11.4. The minimum Gasteiger partial charge on any atom is -0.486 e. The third-order valence-corrected chi connectivity index (χ3v) is 4.20. The zero-order valence-electron chi connectivity index (χ0n) is 16.2. The van der Waals surface area contributed by atoms with Gasteiger partial charge in [-0.3, -0.25) is 9.48 Å². The van der Waals surface area contributed by atoms with Gasteiger partial charge in [0.2, 0.25) is 0 Å². The van der Waals surface area contributed by atoms with Crippen molar-refractivity contribution in [1.82, 2.24) is 15.1 Å². The molecule has 142 valence electrons. The number of carbonyl (C=O) groups is 1. The van der Waals surface area contributed by atoms with Gasteiger partial charge < -0.3 is 14.5 Å². The Hall–Kier alpha value is -3.02. The minimum absolute atomic E-state index is 0.109. The lowest BCUT2D eigenvalue weighted by Gasteiger charge is -2.19. The van der Waals surface area contributed by atoms with Crippen LogP contribution in [0, 0.1) is 0 Å². The Labute approximate surface area is 159 Å². The van der Waals surface area contributed by atoms with E-state index in [-0.39, 0.29) is 23.7 Å². The summed E-state index contributed by atoms with van der Waals surface area (Å²) in [7, 11) is 1.83. The molecule has 0 radical (unpaired) electrons. The van der Waals surface area contributed by atoms with E-state index in [4.69, 9.17) is 9.15 Å². The van der Waals surface area contributed by atoms with Crippen LogP contribution < -0.4 is 10.1 Å². The summed E-state index contributed by atoms with van der Waals surface area (Å²) in [5.74, 6) is 1.36. The number of aryl methyl sites for hydroxylation is 1. The van der Waals surface area contributed by atoms with Crippen LogP contribution in [0.15, 0.2) is 53.2 Å². The molecule has 0 atom stereocenters. The fraction of sp³-hybridized carbons (Fsp3) is 0.333. The number of hydrogen-bond donors (Lipinski definition) is 1. The van der Waals surface area contributed by atoms with Gasteiger partial charge in [-0.05, 0) is 35.2 Å². The summed E-state index contributed by atoms with van der Waals surface area (Å²) in [5, 5.41) is 6.88. The molecule has 0 fully saturated rings. The van der Waals surface area contributed by atoms with Gasteiger partial charge in [0.25, 0.3) is 5.91 Å². The quantitative estimate of drug-likeness (QED) is 0.719. The molecule has 0 aliphatic carbocycles. The number of nitrogens with one attached hydrogen (secondary N) is 1. The molecule has 0 saturated carbocycles. The smallest absolute Gasteiger partial charge is 0.287 e. The lowest BCUT2D eigenvalue weighted by atomic mass is 9.87. The minimum atomic E-state index is -0.264. The number of nitrogens with zero attached hydrogens (tertiary/aromatic N) is 2. The Morgan fingerprint density at radius 2 is 1.93 bits per heavy atom. The first kappa shape index (κ1) is 18.8. The van der Waals surface area contributed by atoms with E-state index in [2.05, 4.69) is 43.3 Å². The zero-order valence-corrected chi connectivity index (χ0v) is 16.2. The van der Waals surface area contributed by atoms with Crippen LogP contribution in [-0.4, -0.2) is 15.7 Å². The Balaban J connectivity index is 1.52. The molecule has 3 rings (SSSR count). The SMILES string of the molecule is Cn1cc(CNC(=O)c2ccc(COc3ccc(C(C)(C)C)cc3)o2)cn1. The molecule has 0 saturated heterocycles. The maximum absolute atomic E-state index is 12.2. The molecule has 1 aromatic carbocycles. The van der Waals surface area contributed by atoms with Gasteiger partial charge in [-0.1, -0.05) is 32.9 Å². The van der Waals surface area contributed by atoms with E-state index in [1.807, 2.05) is 25.4 Å². The number of aromatic nitrogens is 2. The van der Waals surface area contributed by atoms with Crippen LogP contribution in [0.2, 0.25) is 0 Å². The molecular formula is C21H25N3O3. The van der Waals surface area contributed by atoms with Crippen molar-refractivity contribution in [3.8, 4) is 5.75 Å². The van der Waals surface area contributed by atoms with Gasteiger partial charge in [-0.2, -0.15) is 5.10 Å². The Kier molecular flexibility index (Phi) is 5.35. The number of hydrogen-bond acceptors (Lipinski definition) is 4. The molecule has 2 aromatic heterocycles. The van der Waals surface area contributed by atoms with Crippen LogP contribution in [0.5, 0.6) is 5.75 Å². The lowest BCUT2D eigenvalue weighted by molar-refractivity contribution is 0.0919. The molecule has 1 amide bonds. The van der Waals surface area contributed by atoms with Gasteiger partial charge in [-0.25, -0.2) is 0 Å². The number of furan rings is 1. The van der Waals surface area contributed by atoms with Crippen LogP contribution in [0.25, 0.3) is 0 Å². The summed E-state index contributed by atoms with van der Waals surface area (Å²) in [4.78, 5) is 12.2. The van der Waals surface area contributed by atoms with E-state index in [1.54, 1.807) is 23.0 Å². The van der Waals surface area contributed by atoms with Crippen LogP contribution in [-0.2, 0) is 25.6 Å². The maximum Gasteiger partial charge on any atom is 0.287 e. The van der Waals surface area contributed by atoms with Crippen molar-refractivity contribution in [2.24, 2.45) is 7.05 Å². The van der Waals surface area contributed by atoms with Gasteiger partial charge in [0.15, 0.2) is 5.76 Å². The highest BCUT2D eigenvalue weighted by Crippen LogP contribution is 2.24. The van der Waals surface area contributed by atoms with Crippen LogP contribution in [0.4, 0.5) is 0 Å². The Bertz CT molecular complexity index is 901. The number of ether oxygens (including phenoxy) is 1. The highest BCUT2D eigenvalue weighted by atomic mass is 16.5. The molecule has 0 bridgehead atoms. The van der Waals surface area contributed by atoms with Crippen molar-refractivity contribution in [2.75, 3.05) is 0 Å². The molecule has 3 aromatic rings. The molecule has 0 aliphatic rings. The molecule has 6 heteroatoms. The first-order valence-corrected chi connectivity index (χ1v) is 8.89. The van der Waals surface area contributed by atoms with E-state index in [0.717, 1.165) is 11.3 Å². The summed E-state index contributed by atoms with van der Waals surface area (Å²) < 4.78 is 13.0. The maximum atomic E-state index is 12.2. The monoisotopic (exact) mass is 367 g/mol. The van der Waals surface area contributed by atoms with E-state index in [1.165, 1.54) is 5.56 Å². The highest BCUT2D eigenvalue weighted by Gasteiger charge is 2.14. The topological polar surface area (TPSA) is 69.3 Å². The largest absolute Gasteiger partial charge is 0.486 e. The standard InChI is InChI=1S/C21H25N3O3/c1-21(2,3)16-5-7-17(8-6-16)26-14-18-9-10-19(27-18)20(25)22-11-15-12-23-24(4)13-15/h5-10,12-13H,11,14H2,1-4H3,(H,22,25). The van der Waals surface area contributed by atoms with Crippen LogP contribution >= 0.6 is 0 Å². The normalized spacial score (nSPS) is 11.4. The molecule has 0 aliphatic heterocycles. The van der Waals surface area contributed by atoms with Crippen molar-refractivity contribution in [3.63, 3.8) is 0 Å². The number of rotatable bonds is 6. The number of amides is 1. The van der Waals surface area contributed by atoms with Crippen LogP contribution in [0.1, 0.15) is 48.2 Å². The fourth-order valence-corrected chi connectivity index (χ4v) is 2.62. The third kappa shape index (κ3) is 5.00. The summed E-state index contributed by atoms with van der Waals surface area (Å²) in [6.07, 6.45) is 3.57. The molecule has 2 heterocycles. The van der Waals surface area contributed by atoms with E-state index < -0.39 is 0 Å².